The number of benzene rings is 2. The van der Waals surface area contributed by atoms with Gasteiger partial charge in [-0.05, 0) is 38.1 Å². The summed E-state index contributed by atoms with van der Waals surface area (Å²) in [6.45, 7) is 4.83. The number of rotatable bonds is 8. The number of nitrogens with one attached hydrogen (secondary N) is 1. The molecule has 2 aromatic rings. The van der Waals surface area contributed by atoms with Crippen LogP contribution in [-0.2, 0) is 4.79 Å². The third-order valence-corrected chi connectivity index (χ3v) is 2.94. The van der Waals surface area contributed by atoms with Crippen LogP contribution < -0.4 is 19.5 Å². The molecular weight excluding hydrogens is 294 g/mol. The first kappa shape index (κ1) is 16.7. The van der Waals surface area contributed by atoms with Crippen LogP contribution in [0.25, 0.3) is 0 Å². The maximum Gasteiger partial charge on any atom is 0.262 e. The van der Waals surface area contributed by atoms with Crippen LogP contribution in [0.15, 0.2) is 48.5 Å². The molecule has 0 saturated carbocycles. The van der Waals surface area contributed by atoms with E-state index in [1.54, 1.807) is 30.3 Å². The summed E-state index contributed by atoms with van der Waals surface area (Å²) in [5, 5.41) is 2.78. The van der Waals surface area contributed by atoms with E-state index >= 15 is 0 Å². The van der Waals surface area contributed by atoms with Crippen LogP contribution in [-0.4, -0.2) is 25.7 Å². The second-order valence-electron chi connectivity index (χ2n) is 4.68. The molecule has 0 bridgehead atoms. The van der Waals surface area contributed by atoms with Crippen molar-refractivity contribution in [3.8, 4) is 17.2 Å². The highest BCUT2D eigenvalue weighted by Gasteiger charge is 2.09. The summed E-state index contributed by atoms with van der Waals surface area (Å²) < 4.78 is 16.4. The summed E-state index contributed by atoms with van der Waals surface area (Å²) in [5.41, 5.74) is 0.638. The van der Waals surface area contributed by atoms with Crippen LogP contribution in [0.4, 0.5) is 5.69 Å². The predicted octanol–water partition coefficient (Wildman–Crippen LogP) is 3.50. The lowest BCUT2D eigenvalue weighted by molar-refractivity contribution is -0.118. The van der Waals surface area contributed by atoms with E-state index in [-0.39, 0.29) is 12.5 Å². The summed E-state index contributed by atoms with van der Waals surface area (Å²) in [6, 6.07) is 14.5. The number of hydrogen-bond donors (Lipinski definition) is 1. The van der Waals surface area contributed by atoms with Crippen LogP contribution in [0.1, 0.15) is 13.8 Å². The second-order valence-corrected chi connectivity index (χ2v) is 4.68. The maximum atomic E-state index is 12.0. The van der Waals surface area contributed by atoms with E-state index in [4.69, 9.17) is 14.2 Å². The van der Waals surface area contributed by atoms with Gasteiger partial charge in [-0.25, -0.2) is 0 Å². The van der Waals surface area contributed by atoms with Crippen molar-refractivity contribution in [2.24, 2.45) is 0 Å². The Hall–Kier alpha value is -2.69. The molecule has 0 aliphatic heterocycles. The SMILES string of the molecule is CCOc1ccc(NC(=O)COc2ccccc2)cc1OCC. The maximum absolute atomic E-state index is 12.0. The molecule has 5 heteroatoms. The molecule has 0 aliphatic rings. The molecular formula is C18H21NO4. The zero-order chi connectivity index (χ0) is 16.5. The number of ether oxygens (including phenoxy) is 3. The van der Waals surface area contributed by atoms with Crippen molar-refractivity contribution in [3.63, 3.8) is 0 Å². The fourth-order valence-electron chi connectivity index (χ4n) is 1.99. The quantitative estimate of drug-likeness (QED) is 0.810. The Bertz CT molecular complexity index is 628. The number of amides is 1. The Balaban J connectivity index is 1.96. The van der Waals surface area contributed by atoms with Gasteiger partial charge in [0.05, 0.1) is 13.2 Å². The van der Waals surface area contributed by atoms with Crippen molar-refractivity contribution >= 4 is 11.6 Å². The van der Waals surface area contributed by atoms with Gasteiger partial charge in [0.15, 0.2) is 18.1 Å². The number of carbonyl (C=O) groups is 1. The van der Waals surface area contributed by atoms with Gasteiger partial charge in [-0.1, -0.05) is 18.2 Å². The Morgan fingerprint density at radius 1 is 0.913 bits per heavy atom. The van der Waals surface area contributed by atoms with Crippen molar-refractivity contribution in [1.82, 2.24) is 0 Å². The largest absolute Gasteiger partial charge is 0.490 e. The van der Waals surface area contributed by atoms with Crippen LogP contribution in [0.5, 0.6) is 17.2 Å². The van der Waals surface area contributed by atoms with Gasteiger partial charge in [-0.3, -0.25) is 4.79 Å². The fourth-order valence-corrected chi connectivity index (χ4v) is 1.99. The van der Waals surface area contributed by atoms with E-state index in [9.17, 15) is 4.79 Å². The van der Waals surface area contributed by atoms with Crippen molar-refractivity contribution in [2.45, 2.75) is 13.8 Å². The molecule has 1 amide bonds. The molecule has 0 aromatic heterocycles. The van der Waals surface area contributed by atoms with Gasteiger partial charge >= 0.3 is 0 Å². The summed E-state index contributed by atoms with van der Waals surface area (Å²) in [5.74, 6) is 1.69. The van der Waals surface area contributed by atoms with Crippen molar-refractivity contribution in [3.05, 3.63) is 48.5 Å². The molecule has 1 N–H and O–H groups in total. The molecule has 0 spiro atoms. The number of para-hydroxylation sites is 1. The van der Waals surface area contributed by atoms with Gasteiger partial charge in [0, 0.05) is 11.8 Å². The Morgan fingerprint density at radius 2 is 1.61 bits per heavy atom. The van der Waals surface area contributed by atoms with Crippen LogP contribution >= 0.6 is 0 Å². The first-order valence-corrected chi connectivity index (χ1v) is 7.60. The van der Waals surface area contributed by atoms with Crippen molar-refractivity contribution in [2.75, 3.05) is 25.1 Å². The smallest absolute Gasteiger partial charge is 0.262 e. The molecule has 0 fully saturated rings. The van der Waals surface area contributed by atoms with Crippen LogP contribution in [0.3, 0.4) is 0 Å². The number of hydrogen-bond acceptors (Lipinski definition) is 4. The van der Waals surface area contributed by atoms with E-state index in [0.717, 1.165) is 0 Å². The molecule has 0 atom stereocenters. The predicted molar refractivity (Wildman–Crippen MR) is 89.3 cm³/mol. The van der Waals surface area contributed by atoms with E-state index in [1.807, 2.05) is 32.0 Å². The molecule has 0 radical (unpaired) electrons. The Labute approximate surface area is 136 Å². The normalized spacial score (nSPS) is 10.0. The van der Waals surface area contributed by atoms with Gasteiger partial charge in [-0.2, -0.15) is 0 Å². The summed E-state index contributed by atoms with van der Waals surface area (Å²) >= 11 is 0. The summed E-state index contributed by atoms with van der Waals surface area (Å²) in [6.07, 6.45) is 0. The number of carbonyl (C=O) groups excluding carboxylic acids is 1. The van der Waals surface area contributed by atoms with Gasteiger partial charge in [0.2, 0.25) is 0 Å². The summed E-state index contributed by atoms with van der Waals surface area (Å²) in [4.78, 5) is 12.0. The van der Waals surface area contributed by atoms with Gasteiger partial charge in [0.1, 0.15) is 5.75 Å². The lowest BCUT2D eigenvalue weighted by Crippen LogP contribution is -2.20. The zero-order valence-corrected chi connectivity index (χ0v) is 13.4. The molecule has 0 heterocycles. The molecule has 0 saturated heterocycles. The lowest BCUT2D eigenvalue weighted by atomic mass is 10.2. The third kappa shape index (κ3) is 5.21. The minimum Gasteiger partial charge on any atom is -0.490 e. The van der Waals surface area contributed by atoms with E-state index in [1.165, 1.54) is 0 Å². The number of anilines is 1. The monoisotopic (exact) mass is 315 g/mol. The summed E-state index contributed by atoms with van der Waals surface area (Å²) in [7, 11) is 0. The standard InChI is InChI=1S/C18H21NO4/c1-3-21-16-11-10-14(12-17(16)22-4-2)19-18(20)13-23-15-8-6-5-7-9-15/h5-12H,3-4,13H2,1-2H3,(H,19,20). The molecule has 5 nitrogen and oxygen atoms in total. The van der Waals surface area contributed by atoms with Crippen LogP contribution in [0, 0.1) is 0 Å². The van der Waals surface area contributed by atoms with Crippen LogP contribution in [0.2, 0.25) is 0 Å². The zero-order valence-electron chi connectivity index (χ0n) is 13.4. The van der Waals surface area contributed by atoms with E-state index in [0.29, 0.717) is 36.1 Å². The molecule has 2 rings (SSSR count). The molecule has 0 aliphatic carbocycles. The van der Waals surface area contributed by atoms with Crippen molar-refractivity contribution in [1.29, 1.82) is 0 Å². The first-order chi connectivity index (χ1) is 11.2. The van der Waals surface area contributed by atoms with E-state index < -0.39 is 0 Å². The van der Waals surface area contributed by atoms with Crippen molar-refractivity contribution < 1.29 is 19.0 Å². The Morgan fingerprint density at radius 3 is 2.30 bits per heavy atom. The van der Waals surface area contributed by atoms with Gasteiger partial charge in [-0.15, -0.1) is 0 Å². The highest BCUT2D eigenvalue weighted by atomic mass is 16.5. The highest BCUT2D eigenvalue weighted by molar-refractivity contribution is 5.92. The van der Waals surface area contributed by atoms with E-state index in [2.05, 4.69) is 5.32 Å². The lowest BCUT2D eigenvalue weighted by Gasteiger charge is -2.13. The minimum atomic E-state index is -0.236. The first-order valence-electron chi connectivity index (χ1n) is 7.60. The fraction of sp³-hybridized carbons (Fsp3) is 0.278. The molecule has 23 heavy (non-hydrogen) atoms. The average Bonchev–Trinajstić information content (AvgIpc) is 2.57. The van der Waals surface area contributed by atoms with Gasteiger partial charge < -0.3 is 19.5 Å². The molecule has 2 aromatic carbocycles. The third-order valence-electron chi connectivity index (χ3n) is 2.94. The Kier molecular flexibility index (Phi) is 6.29. The highest BCUT2D eigenvalue weighted by Crippen LogP contribution is 2.30. The average molecular weight is 315 g/mol. The topological polar surface area (TPSA) is 56.8 Å². The second kappa shape index (κ2) is 8.68. The minimum absolute atomic E-state index is 0.0544. The molecule has 122 valence electrons. The van der Waals surface area contributed by atoms with Gasteiger partial charge in [0.25, 0.3) is 5.91 Å². The molecule has 0 unspecified atom stereocenters.